The third-order valence-corrected chi connectivity index (χ3v) is 10.4. The average Bonchev–Trinajstić information content (AvgIpc) is 3.01. The molecule has 5 nitrogen and oxygen atoms in total. The first kappa shape index (κ1) is 23.6. The molecule has 0 N–H and O–H groups in total. The molecule has 1 aliphatic rings. The van der Waals surface area contributed by atoms with Gasteiger partial charge in [0.15, 0.2) is 14.6 Å². The van der Waals surface area contributed by atoms with Gasteiger partial charge in [0.2, 0.25) is 5.91 Å². The minimum atomic E-state index is -1.93. The van der Waals surface area contributed by atoms with Crippen LogP contribution >= 0.6 is 0 Å². The molecule has 1 heterocycles. The topological polar surface area (TPSA) is 48.0 Å². The fourth-order valence-electron chi connectivity index (χ4n) is 3.17. The molecule has 0 spiro atoms. The van der Waals surface area contributed by atoms with Crippen LogP contribution in [0.1, 0.15) is 47.0 Å². The van der Waals surface area contributed by atoms with Crippen molar-refractivity contribution in [2.45, 2.75) is 77.4 Å². The third kappa shape index (κ3) is 6.17. The molecule has 2 atom stereocenters. The molecule has 1 fully saturated rings. The molecule has 1 aromatic rings. The van der Waals surface area contributed by atoms with Crippen LogP contribution in [0.15, 0.2) is 36.4 Å². The Balaban J connectivity index is 2.06. The largest absolute Gasteiger partial charge is 0.497 e. The first-order valence-corrected chi connectivity index (χ1v) is 13.4. The molecule has 2 rings (SSSR count). The van der Waals surface area contributed by atoms with Crippen molar-refractivity contribution in [1.82, 2.24) is 0 Å². The standard InChI is InChI=1S/C23H37NO4Si/c1-8-27-22(28-29(6,7)23(2,3)4)11-9-10-18-14-17-21(25)24(18)19-12-15-20(26-5)16-13-19/h9,11-13,15-16,18,22H,8,10,14,17H2,1-7H3/b11-9+/t18-,22?/m0/s1. The van der Waals surface area contributed by atoms with E-state index in [0.717, 1.165) is 24.3 Å². The number of carbonyl (C=O) groups excluding carboxylic acids is 1. The highest BCUT2D eigenvalue weighted by Gasteiger charge is 2.39. The molecule has 1 unspecified atom stereocenters. The molecule has 0 saturated carbocycles. The number of hydrogen-bond acceptors (Lipinski definition) is 4. The fourth-order valence-corrected chi connectivity index (χ4v) is 4.25. The van der Waals surface area contributed by atoms with Crippen LogP contribution in [0.3, 0.4) is 0 Å². The van der Waals surface area contributed by atoms with Crippen molar-refractivity contribution >= 4 is 19.9 Å². The second-order valence-electron chi connectivity index (χ2n) is 9.02. The van der Waals surface area contributed by atoms with Crippen LogP contribution in [-0.2, 0) is 14.0 Å². The minimum Gasteiger partial charge on any atom is -0.497 e. The van der Waals surface area contributed by atoms with Gasteiger partial charge >= 0.3 is 0 Å². The predicted molar refractivity (Wildman–Crippen MR) is 121 cm³/mol. The van der Waals surface area contributed by atoms with E-state index in [0.29, 0.717) is 13.0 Å². The summed E-state index contributed by atoms with van der Waals surface area (Å²) in [5.74, 6) is 0.964. The van der Waals surface area contributed by atoms with Gasteiger partial charge in [0.25, 0.3) is 0 Å². The number of anilines is 1. The molecule has 29 heavy (non-hydrogen) atoms. The Morgan fingerprint density at radius 1 is 1.24 bits per heavy atom. The Labute approximate surface area is 177 Å². The number of methoxy groups -OCH3 is 1. The zero-order valence-electron chi connectivity index (χ0n) is 19.0. The molecular formula is C23H37NO4Si. The van der Waals surface area contributed by atoms with Crippen LogP contribution in [0.4, 0.5) is 5.69 Å². The molecule has 1 aliphatic heterocycles. The lowest BCUT2D eigenvalue weighted by Crippen LogP contribution is -2.44. The highest BCUT2D eigenvalue weighted by molar-refractivity contribution is 6.74. The highest BCUT2D eigenvalue weighted by atomic mass is 28.4. The van der Waals surface area contributed by atoms with Crippen LogP contribution < -0.4 is 9.64 Å². The third-order valence-electron chi connectivity index (χ3n) is 5.93. The van der Waals surface area contributed by atoms with Crippen molar-refractivity contribution < 1.29 is 18.7 Å². The van der Waals surface area contributed by atoms with Gasteiger partial charge in [-0.1, -0.05) is 26.8 Å². The van der Waals surface area contributed by atoms with E-state index in [4.69, 9.17) is 13.9 Å². The smallest absolute Gasteiger partial charge is 0.227 e. The van der Waals surface area contributed by atoms with E-state index in [-0.39, 0.29) is 23.3 Å². The maximum absolute atomic E-state index is 12.5. The van der Waals surface area contributed by atoms with Gasteiger partial charge < -0.3 is 18.8 Å². The molecular weight excluding hydrogens is 382 g/mol. The number of amides is 1. The summed E-state index contributed by atoms with van der Waals surface area (Å²) in [5.41, 5.74) is 0.922. The monoisotopic (exact) mass is 419 g/mol. The molecule has 0 bridgehead atoms. The van der Waals surface area contributed by atoms with Crippen molar-refractivity contribution in [2.75, 3.05) is 18.6 Å². The lowest BCUT2D eigenvalue weighted by Gasteiger charge is -2.38. The van der Waals surface area contributed by atoms with Crippen molar-refractivity contribution in [3.8, 4) is 5.75 Å². The summed E-state index contributed by atoms with van der Waals surface area (Å²) in [7, 11) is -0.282. The number of rotatable bonds is 9. The SMILES string of the molecule is CCOC(/C=C/C[C@H]1CCC(=O)N1c1ccc(OC)cc1)O[Si](C)(C)C(C)(C)C. The Kier molecular flexibility index (Phi) is 8.08. The minimum absolute atomic E-state index is 0.124. The molecule has 1 saturated heterocycles. The van der Waals surface area contributed by atoms with Crippen LogP contribution in [0.5, 0.6) is 5.75 Å². The van der Waals surface area contributed by atoms with Crippen molar-refractivity contribution in [2.24, 2.45) is 0 Å². The first-order valence-electron chi connectivity index (χ1n) is 10.5. The zero-order valence-corrected chi connectivity index (χ0v) is 20.0. The van der Waals surface area contributed by atoms with Gasteiger partial charge in [0, 0.05) is 24.8 Å². The summed E-state index contributed by atoms with van der Waals surface area (Å²) in [4.78, 5) is 14.4. The van der Waals surface area contributed by atoms with Crippen LogP contribution in [0, 0.1) is 0 Å². The number of hydrogen-bond donors (Lipinski definition) is 0. The van der Waals surface area contributed by atoms with E-state index < -0.39 is 8.32 Å². The highest BCUT2D eigenvalue weighted by Crippen LogP contribution is 2.37. The van der Waals surface area contributed by atoms with Crippen LogP contribution in [-0.4, -0.2) is 40.3 Å². The Morgan fingerprint density at radius 3 is 2.45 bits per heavy atom. The molecule has 0 radical (unpaired) electrons. The number of benzene rings is 1. The van der Waals surface area contributed by atoms with Crippen molar-refractivity contribution in [3.63, 3.8) is 0 Å². The molecule has 0 aromatic heterocycles. The van der Waals surface area contributed by atoms with Gasteiger partial charge in [0.05, 0.1) is 7.11 Å². The quantitative estimate of drug-likeness (QED) is 0.300. The molecule has 0 aliphatic carbocycles. The number of carbonyl (C=O) groups is 1. The van der Waals surface area contributed by atoms with Crippen LogP contribution in [0.2, 0.25) is 18.1 Å². The van der Waals surface area contributed by atoms with Gasteiger partial charge in [-0.25, -0.2) is 0 Å². The maximum atomic E-state index is 12.5. The first-order chi connectivity index (χ1) is 13.6. The van der Waals surface area contributed by atoms with Gasteiger partial charge in [0.1, 0.15) is 5.75 Å². The average molecular weight is 420 g/mol. The lowest BCUT2D eigenvalue weighted by molar-refractivity contribution is -0.117. The summed E-state index contributed by atoms with van der Waals surface area (Å²) in [5, 5.41) is 0.124. The Morgan fingerprint density at radius 2 is 1.90 bits per heavy atom. The summed E-state index contributed by atoms with van der Waals surface area (Å²) >= 11 is 0. The fraction of sp³-hybridized carbons (Fsp3) is 0.609. The van der Waals surface area contributed by atoms with Gasteiger partial charge in [-0.3, -0.25) is 4.79 Å². The molecule has 1 aromatic carbocycles. The van der Waals surface area contributed by atoms with Gasteiger partial charge in [-0.05, 0) is 68.2 Å². The Hall–Kier alpha value is -1.63. The van der Waals surface area contributed by atoms with E-state index in [1.807, 2.05) is 42.2 Å². The summed E-state index contributed by atoms with van der Waals surface area (Å²) in [6.07, 6.45) is 6.00. The normalized spacial score (nSPS) is 19.2. The molecule has 6 heteroatoms. The second-order valence-corrected chi connectivity index (χ2v) is 13.8. The summed E-state index contributed by atoms with van der Waals surface area (Å²) in [6.45, 7) is 13.7. The van der Waals surface area contributed by atoms with E-state index >= 15 is 0 Å². The lowest BCUT2D eigenvalue weighted by atomic mass is 10.1. The van der Waals surface area contributed by atoms with Crippen LogP contribution in [0.25, 0.3) is 0 Å². The Bertz CT molecular complexity index is 694. The van der Waals surface area contributed by atoms with Crippen molar-refractivity contribution in [3.05, 3.63) is 36.4 Å². The number of ether oxygens (including phenoxy) is 2. The van der Waals surface area contributed by atoms with E-state index in [1.54, 1.807) is 7.11 Å². The molecule has 162 valence electrons. The molecule has 1 amide bonds. The van der Waals surface area contributed by atoms with E-state index in [1.165, 1.54) is 0 Å². The predicted octanol–water partition coefficient (Wildman–Crippen LogP) is 5.52. The zero-order chi connectivity index (χ0) is 21.7. The summed E-state index contributed by atoms with van der Waals surface area (Å²) in [6, 6.07) is 7.84. The van der Waals surface area contributed by atoms with Gasteiger partial charge in [-0.15, -0.1) is 0 Å². The maximum Gasteiger partial charge on any atom is 0.227 e. The van der Waals surface area contributed by atoms with Gasteiger partial charge in [-0.2, -0.15) is 0 Å². The van der Waals surface area contributed by atoms with Crippen molar-refractivity contribution in [1.29, 1.82) is 0 Å². The van der Waals surface area contributed by atoms with E-state index in [2.05, 4.69) is 39.9 Å². The van der Waals surface area contributed by atoms with E-state index in [9.17, 15) is 4.79 Å². The summed E-state index contributed by atoms with van der Waals surface area (Å²) < 4.78 is 17.5. The second kappa shape index (κ2) is 9.91. The number of nitrogens with zero attached hydrogens (tertiary/aromatic N) is 1.